The van der Waals surface area contributed by atoms with Crippen LogP contribution in [0.1, 0.15) is 130 Å². The van der Waals surface area contributed by atoms with E-state index in [0.717, 1.165) is 53.8 Å². The number of benzene rings is 1. The number of thiazole rings is 1. The standard InChI is InChI=1S/C38H57N3O3S/c1-24(26-14-16-27(17-15-26)30-25(2)39-23-45-30)40-33(43)28-22-29(42)32-36(6,7)31(34(44)41(28)32)37(8)18-11-10-12-20-38(9,21-13-19-37)35(3,4)5/h14-17,23-24,28-29,31-32,42H,10-13,18-22H2,1-9H3,(H,40,43)/t24-,28-,29+,31?,32?,37?,38?/m0/s1. The molecule has 5 rings (SSSR count). The number of nitrogens with one attached hydrogen (secondary N) is 1. The number of nitrogens with zero attached hydrogens (tertiary/aromatic N) is 2. The van der Waals surface area contributed by atoms with Gasteiger partial charge in [0.15, 0.2) is 0 Å². The first-order valence-corrected chi connectivity index (χ1v) is 18.2. The van der Waals surface area contributed by atoms with Gasteiger partial charge in [0.2, 0.25) is 11.8 Å². The van der Waals surface area contributed by atoms with Gasteiger partial charge in [-0.3, -0.25) is 9.59 Å². The molecule has 2 aliphatic heterocycles. The van der Waals surface area contributed by atoms with E-state index in [1.807, 2.05) is 19.4 Å². The van der Waals surface area contributed by atoms with Gasteiger partial charge in [-0.15, -0.1) is 11.3 Å². The first-order chi connectivity index (χ1) is 21.0. The SMILES string of the molecule is Cc1ncsc1-c1ccc([C@H](C)NC(=O)[C@@H]2C[C@@H](O)C3N2C(=O)C(C2(C)CCCCCC(C)(C(C)(C)C)CCC2)C3(C)C)cc1. The van der Waals surface area contributed by atoms with Gasteiger partial charge in [0.25, 0.3) is 0 Å². The number of hydrogen-bond donors (Lipinski definition) is 2. The van der Waals surface area contributed by atoms with Crippen molar-refractivity contribution in [3.05, 3.63) is 41.0 Å². The third kappa shape index (κ3) is 6.25. The molecule has 1 saturated carbocycles. The molecule has 0 radical (unpaired) electrons. The zero-order valence-corrected chi connectivity index (χ0v) is 30.0. The Balaban J connectivity index is 1.33. The zero-order valence-electron chi connectivity index (χ0n) is 29.2. The number of hydrogen-bond acceptors (Lipinski definition) is 5. The number of amides is 2. The molecule has 0 bridgehead atoms. The van der Waals surface area contributed by atoms with Crippen molar-refractivity contribution in [2.24, 2.45) is 27.6 Å². The average molecular weight is 636 g/mol. The van der Waals surface area contributed by atoms with Crippen molar-refractivity contribution in [3.63, 3.8) is 0 Å². The molecule has 45 heavy (non-hydrogen) atoms. The number of rotatable bonds is 5. The van der Waals surface area contributed by atoms with Crippen molar-refractivity contribution in [2.45, 2.75) is 144 Å². The minimum atomic E-state index is -0.714. The Morgan fingerprint density at radius 1 is 1.02 bits per heavy atom. The Morgan fingerprint density at radius 3 is 2.27 bits per heavy atom. The van der Waals surface area contributed by atoms with E-state index in [0.29, 0.717) is 0 Å². The van der Waals surface area contributed by atoms with Crippen LogP contribution in [0.2, 0.25) is 0 Å². The maximum absolute atomic E-state index is 14.6. The fourth-order valence-electron chi connectivity index (χ4n) is 9.35. The molecule has 2 aromatic rings. The number of carbonyl (C=O) groups excluding carboxylic acids is 2. The van der Waals surface area contributed by atoms with Gasteiger partial charge in [0.1, 0.15) is 6.04 Å². The molecule has 1 aromatic heterocycles. The van der Waals surface area contributed by atoms with Crippen LogP contribution < -0.4 is 5.32 Å². The van der Waals surface area contributed by atoms with E-state index in [1.54, 1.807) is 16.2 Å². The van der Waals surface area contributed by atoms with Gasteiger partial charge >= 0.3 is 0 Å². The Labute approximate surface area is 275 Å². The lowest BCUT2D eigenvalue weighted by Crippen LogP contribution is -2.48. The quantitative estimate of drug-likeness (QED) is 0.345. The van der Waals surface area contributed by atoms with E-state index in [4.69, 9.17) is 0 Å². The number of aryl methyl sites for hydroxylation is 1. The molecule has 3 heterocycles. The third-order valence-electron chi connectivity index (χ3n) is 12.5. The number of fused-ring (bicyclic) bond motifs is 1. The lowest BCUT2D eigenvalue weighted by Gasteiger charge is -2.46. The molecule has 4 unspecified atom stereocenters. The topological polar surface area (TPSA) is 82.5 Å². The van der Waals surface area contributed by atoms with E-state index in [2.05, 4.69) is 83.0 Å². The van der Waals surface area contributed by atoms with Gasteiger partial charge in [0, 0.05) is 6.42 Å². The van der Waals surface area contributed by atoms with E-state index in [-0.39, 0.29) is 52.5 Å². The van der Waals surface area contributed by atoms with Crippen molar-refractivity contribution in [1.29, 1.82) is 0 Å². The summed E-state index contributed by atoms with van der Waals surface area (Å²) in [4.78, 5) is 35.7. The smallest absolute Gasteiger partial charge is 0.243 e. The molecule has 1 aromatic carbocycles. The molecule has 3 aliphatic rings. The van der Waals surface area contributed by atoms with Crippen LogP contribution in [0.3, 0.4) is 0 Å². The van der Waals surface area contributed by atoms with Crippen molar-refractivity contribution >= 4 is 23.2 Å². The minimum absolute atomic E-state index is 0.0665. The van der Waals surface area contributed by atoms with Gasteiger partial charge in [-0.25, -0.2) is 4.98 Å². The number of aliphatic hydroxyl groups is 1. The van der Waals surface area contributed by atoms with Crippen molar-refractivity contribution in [1.82, 2.24) is 15.2 Å². The molecule has 6 nitrogen and oxygen atoms in total. The highest BCUT2D eigenvalue weighted by atomic mass is 32.1. The molecule has 0 spiro atoms. The fraction of sp³-hybridized carbons (Fsp3) is 0.711. The normalized spacial score (nSPS) is 33.1. The molecule has 7 heteroatoms. The molecular weight excluding hydrogens is 579 g/mol. The van der Waals surface area contributed by atoms with Crippen LogP contribution in [0.4, 0.5) is 0 Å². The van der Waals surface area contributed by atoms with Crippen LogP contribution in [0.25, 0.3) is 10.4 Å². The van der Waals surface area contributed by atoms with Crippen LogP contribution in [0.15, 0.2) is 29.8 Å². The van der Waals surface area contributed by atoms with Gasteiger partial charge in [-0.05, 0) is 72.3 Å². The van der Waals surface area contributed by atoms with Crippen molar-refractivity contribution < 1.29 is 14.7 Å². The van der Waals surface area contributed by atoms with Gasteiger partial charge < -0.3 is 15.3 Å². The highest BCUT2D eigenvalue weighted by molar-refractivity contribution is 7.13. The van der Waals surface area contributed by atoms with E-state index < -0.39 is 17.6 Å². The summed E-state index contributed by atoms with van der Waals surface area (Å²) in [5.41, 5.74) is 4.90. The van der Waals surface area contributed by atoms with Crippen LogP contribution in [-0.4, -0.2) is 45.0 Å². The highest BCUT2D eigenvalue weighted by Gasteiger charge is 2.66. The number of carbonyl (C=O) groups is 2. The number of aliphatic hydroxyl groups excluding tert-OH is 1. The maximum Gasteiger partial charge on any atom is 0.243 e. The Kier molecular flexibility index (Phi) is 9.40. The summed E-state index contributed by atoms with van der Waals surface area (Å²) in [6.45, 7) is 20.3. The largest absolute Gasteiger partial charge is 0.391 e. The molecular formula is C38H57N3O3S. The third-order valence-corrected chi connectivity index (χ3v) is 13.5. The molecule has 2 saturated heterocycles. The average Bonchev–Trinajstić information content (AvgIpc) is 3.60. The second-order valence-electron chi connectivity index (χ2n) is 16.8. The first kappa shape index (κ1) is 34.1. The van der Waals surface area contributed by atoms with E-state index in [1.165, 1.54) is 19.3 Å². The Hall–Kier alpha value is -2.25. The second-order valence-corrected chi connectivity index (χ2v) is 17.6. The van der Waals surface area contributed by atoms with Crippen LogP contribution in [0.5, 0.6) is 0 Å². The molecule has 1 aliphatic carbocycles. The molecule has 7 atom stereocenters. The Bertz CT molecular complexity index is 1380. The van der Waals surface area contributed by atoms with Gasteiger partial charge in [-0.1, -0.05) is 98.4 Å². The van der Waals surface area contributed by atoms with Crippen LogP contribution in [0, 0.1) is 34.5 Å². The number of aromatic nitrogens is 1. The van der Waals surface area contributed by atoms with Gasteiger partial charge in [-0.2, -0.15) is 0 Å². The predicted octanol–water partition coefficient (Wildman–Crippen LogP) is 8.48. The molecule has 2 amide bonds. The summed E-state index contributed by atoms with van der Waals surface area (Å²) < 4.78 is 0. The van der Waals surface area contributed by atoms with Gasteiger partial charge in [0.05, 0.1) is 40.2 Å². The van der Waals surface area contributed by atoms with Crippen molar-refractivity contribution in [3.8, 4) is 10.4 Å². The molecule has 248 valence electrons. The van der Waals surface area contributed by atoms with E-state index in [9.17, 15) is 14.7 Å². The Morgan fingerprint density at radius 2 is 1.64 bits per heavy atom. The van der Waals surface area contributed by atoms with Crippen molar-refractivity contribution in [2.75, 3.05) is 0 Å². The van der Waals surface area contributed by atoms with Crippen LogP contribution >= 0.6 is 11.3 Å². The second kappa shape index (κ2) is 12.4. The summed E-state index contributed by atoms with van der Waals surface area (Å²) in [7, 11) is 0. The zero-order chi connectivity index (χ0) is 32.9. The first-order valence-electron chi connectivity index (χ1n) is 17.3. The summed E-state index contributed by atoms with van der Waals surface area (Å²) in [5.74, 6) is -0.328. The summed E-state index contributed by atoms with van der Waals surface area (Å²) >= 11 is 1.63. The van der Waals surface area contributed by atoms with Crippen LogP contribution in [-0.2, 0) is 9.59 Å². The predicted molar refractivity (Wildman–Crippen MR) is 184 cm³/mol. The fourth-order valence-corrected chi connectivity index (χ4v) is 10.2. The maximum atomic E-state index is 14.6. The minimum Gasteiger partial charge on any atom is -0.391 e. The summed E-state index contributed by atoms with van der Waals surface area (Å²) in [6, 6.07) is 7.03. The monoisotopic (exact) mass is 635 g/mol. The molecule has 3 fully saturated rings. The lowest BCUT2D eigenvalue weighted by molar-refractivity contribution is -0.142. The van der Waals surface area contributed by atoms with E-state index >= 15 is 0 Å². The molecule has 2 N–H and O–H groups in total. The lowest BCUT2D eigenvalue weighted by atomic mass is 9.57. The summed E-state index contributed by atoms with van der Waals surface area (Å²) in [5, 5.41) is 14.6. The summed E-state index contributed by atoms with van der Waals surface area (Å²) in [6.07, 6.45) is 8.64. The highest BCUT2D eigenvalue weighted by Crippen LogP contribution is 2.59.